The predicted molar refractivity (Wildman–Crippen MR) is 66.9 cm³/mol. The van der Waals surface area contributed by atoms with E-state index in [-0.39, 0.29) is 0 Å². The summed E-state index contributed by atoms with van der Waals surface area (Å²) in [5.74, 6) is 0.729. The molecule has 0 amide bonds. The molecule has 1 fully saturated rings. The predicted octanol–water partition coefficient (Wildman–Crippen LogP) is 2.40. The Morgan fingerprint density at radius 1 is 1.40 bits per heavy atom. The molecule has 0 aromatic rings. The Morgan fingerprint density at radius 3 is 2.80 bits per heavy atom. The molecule has 2 nitrogen and oxygen atoms in total. The van der Waals surface area contributed by atoms with Crippen LogP contribution in [0.5, 0.6) is 0 Å². The second-order valence-electron chi connectivity index (χ2n) is 4.76. The van der Waals surface area contributed by atoms with Gasteiger partial charge < -0.3 is 10.6 Å². The highest BCUT2D eigenvalue weighted by atomic mass is 15.1. The Hall–Kier alpha value is -0.340. The summed E-state index contributed by atoms with van der Waals surface area (Å²) < 4.78 is 0. The van der Waals surface area contributed by atoms with Gasteiger partial charge in [0.2, 0.25) is 0 Å². The minimum Gasteiger partial charge on any atom is -0.330 e. The normalized spacial score (nSPS) is 26.9. The van der Waals surface area contributed by atoms with E-state index in [1.165, 1.54) is 38.6 Å². The fourth-order valence-corrected chi connectivity index (χ4v) is 2.69. The number of unbranched alkanes of at least 4 members (excludes halogenated alkanes) is 1. The van der Waals surface area contributed by atoms with Gasteiger partial charge in [-0.3, -0.25) is 0 Å². The van der Waals surface area contributed by atoms with Crippen molar-refractivity contribution >= 4 is 0 Å². The van der Waals surface area contributed by atoms with Crippen LogP contribution < -0.4 is 5.73 Å². The number of nitrogens with zero attached hydrogens (tertiary/aromatic N) is 1. The smallest absolute Gasteiger partial charge is 0.0132 e. The first-order valence-electron chi connectivity index (χ1n) is 6.30. The number of hydrogen-bond acceptors (Lipinski definition) is 2. The molecule has 2 unspecified atom stereocenters. The first-order chi connectivity index (χ1) is 7.29. The molecule has 1 aliphatic rings. The average molecular weight is 210 g/mol. The molecule has 0 bridgehead atoms. The average Bonchev–Trinajstić information content (AvgIpc) is 2.29. The molecule has 15 heavy (non-hydrogen) atoms. The van der Waals surface area contributed by atoms with Crippen LogP contribution in [0, 0.1) is 5.92 Å². The molecule has 88 valence electrons. The molecule has 2 heteroatoms. The molecule has 0 aliphatic heterocycles. The monoisotopic (exact) mass is 210 g/mol. The van der Waals surface area contributed by atoms with Crippen LogP contribution >= 0.6 is 0 Å². The van der Waals surface area contributed by atoms with Gasteiger partial charge in [-0.15, -0.1) is 6.58 Å². The van der Waals surface area contributed by atoms with Crippen molar-refractivity contribution in [3.05, 3.63) is 12.7 Å². The summed E-state index contributed by atoms with van der Waals surface area (Å²) in [5, 5.41) is 0. The van der Waals surface area contributed by atoms with Crippen molar-refractivity contribution in [3.63, 3.8) is 0 Å². The molecule has 2 atom stereocenters. The number of allylic oxidation sites excluding steroid dienone is 1. The second kappa shape index (κ2) is 7.02. The zero-order chi connectivity index (χ0) is 11.1. The van der Waals surface area contributed by atoms with Crippen molar-refractivity contribution in [1.82, 2.24) is 4.90 Å². The molecule has 0 saturated heterocycles. The number of rotatable bonds is 6. The lowest BCUT2D eigenvalue weighted by Gasteiger charge is -2.37. The third kappa shape index (κ3) is 3.96. The molecular formula is C13H26N2. The van der Waals surface area contributed by atoms with Crippen molar-refractivity contribution in [2.24, 2.45) is 11.7 Å². The minimum atomic E-state index is 0.729. The van der Waals surface area contributed by atoms with Crippen LogP contribution in [0.4, 0.5) is 0 Å². The van der Waals surface area contributed by atoms with Gasteiger partial charge in [-0.25, -0.2) is 0 Å². The zero-order valence-corrected chi connectivity index (χ0v) is 10.1. The summed E-state index contributed by atoms with van der Waals surface area (Å²) in [6, 6.07) is 0.730. The van der Waals surface area contributed by atoms with Gasteiger partial charge in [-0.05, 0) is 51.7 Å². The Balaban J connectivity index is 2.33. The van der Waals surface area contributed by atoms with E-state index in [0.717, 1.165) is 24.9 Å². The van der Waals surface area contributed by atoms with Crippen LogP contribution in [-0.2, 0) is 0 Å². The van der Waals surface area contributed by atoms with Gasteiger partial charge >= 0.3 is 0 Å². The zero-order valence-electron chi connectivity index (χ0n) is 10.1. The summed E-state index contributed by atoms with van der Waals surface area (Å²) in [7, 11) is 2.25. The first kappa shape index (κ1) is 12.7. The van der Waals surface area contributed by atoms with Gasteiger partial charge in [-0.1, -0.05) is 18.9 Å². The summed E-state index contributed by atoms with van der Waals surface area (Å²) in [5.41, 5.74) is 5.84. The van der Waals surface area contributed by atoms with E-state index >= 15 is 0 Å². The quantitative estimate of drug-likeness (QED) is 0.539. The van der Waals surface area contributed by atoms with E-state index in [1.54, 1.807) is 0 Å². The van der Waals surface area contributed by atoms with Gasteiger partial charge in [0.25, 0.3) is 0 Å². The molecule has 0 aromatic carbocycles. The van der Waals surface area contributed by atoms with E-state index in [0.29, 0.717) is 0 Å². The van der Waals surface area contributed by atoms with Crippen molar-refractivity contribution in [2.75, 3.05) is 20.1 Å². The maximum Gasteiger partial charge on any atom is 0.0132 e. The Kier molecular flexibility index (Phi) is 5.96. The highest BCUT2D eigenvalue weighted by Gasteiger charge is 2.26. The van der Waals surface area contributed by atoms with Crippen molar-refractivity contribution in [2.45, 2.75) is 44.6 Å². The molecule has 0 spiro atoms. The lowest BCUT2D eigenvalue weighted by Crippen LogP contribution is -2.43. The molecule has 1 aliphatic carbocycles. The van der Waals surface area contributed by atoms with Crippen molar-refractivity contribution in [3.8, 4) is 0 Å². The number of hydrogen-bond donors (Lipinski definition) is 1. The fourth-order valence-electron chi connectivity index (χ4n) is 2.69. The topological polar surface area (TPSA) is 29.3 Å². The van der Waals surface area contributed by atoms with E-state index in [1.807, 2.05) is 6.08 Å². The standard InChI is InChI=1S/C13H26N2/c1-3-4-7-10-15(2)13-9-6-5-8-12(13)11-14/h3,12-13H,1,4-11,14H2,2H3. The van der Waals surface area contributed by atoms with Gasteiger partial charge in [0.05, 0.1) is 0 Å². The molecule has 0 radical (unpaired) electrons. The summed E-state index contributed by atoms with van der Waals surface area (Å²) >= 11 is 0. The summed E-state index contributed by atoms with van der Waals surface area (Å²) in [4.78, 5) is 2.51. The Morgan fingerprint density at radius 2 is 2.13 bits per heavy atom. The van der Waals surface area contributed by atoms with Crippen LogP contribution in [0.3, 0.4) is 0 Å². The Labute approximate surface area is 94.5 Å². The largest absolute Gasteiger partial charge is 0.330 e. The molecule has 0 heterocycles. The molecule has 1 saturated carbocycles. The van der Waals surface area contributed by atoms with Gasteiger partial charge in [0.15, 0.2) is 0 Å². The van der Waals surface area contributed by atoms with E-state index in [9.17, 15) is 0 Å². The van der Waals surface area contributed by atoms with Crippen LogP contribution in [0.1, 0.15) is 38.5 Å². The van der Waals surface area contributed by atoms with Crippen LogP contribution in [-0.4, -0.2) is 31.1 Å². The van der Waals surface area contributed by atoms with E-state index < -0.39 is 0 Å². The molecular weight excluding hydrogens is 184 g/mol. The van der Waals surface area contributed by atoms with Crippen LogP contribution in [0.15, 0.2) is 12.7 Å². The highest BCUT2D eigenvalue weighted by Crippen LogP contribution is 2.27. The summed E-state index contributed by atoms with van der Waals surface area (Å²) in [6.45, 7) is 5.81. The third-order valence-corrected chi connectivity index (χ3v) is 3.66. The van der Waals surface area contributed by atoms with Crippen LogP contribution in [0.2, 0.25) is 0 Å². The van der Waals surface area contributed by atoms with E-state index in [4.69, 9.17) is 5.73 Å². The fraction of sp³-hybridized carbons (Fsp3) is 0.846. The SMILES string of the molecule is C=CCCCN(C)C1CCCCC1CN. The van der Waals surface area contributed by atoms with Crippen molar-refractivity contribution in [1.29, 1.82) is 0 Å². The molecule has 0 aromatic heterocycles. The lowest BCUT2D eigenvalue weighted by molar-refractivity contribution is 0.133. The van der Waals surface area contributed by atoms with Gasteiger partial charge in [-0.2, -0.15) is 0 Å². The summed E-state index contributed by atoms with van der Waals surface area (Å²) in [6.07, 6.45) is 9.79. The van der Waals surface area contributed by atoms with Crippen LogP contribution in [0.25, 0.3) is 0 Å². The maximum absolute atomic E-state index is 5.84. The maximum atomic E-state index is 5.84. The minimum absolute atomic E-state index is 0.729. The highest BCUT2D eigenvalue weighted by molar-refractivity contribution is 4.82. The van der Waals surface area contributed by atoms with Gasteiger partial charge in [0, 0.05) is 6.04 Å². The Bertz CT molecular complexity index is 179. The van der Waals surface area contributed by atoms with Crippen molar-refractivity contribution < 1.29 is 0 Å². The third-order valence-electron chi connectivity index (χ3n) is 3.66. The first-order valence-corrected chi connectivity index (χ1v) is 6.30. The molecule has 2 N–H and O–H groups in total. The van der Waals surface area contributed by atoms with Gasteiger partial charge in [0.1, 0.15) is 0 Å². The number of nitrogens with two attached hydrogens (primary N) is 1. The second-order valence-corrected chi connectivity index (χ2v) is 4.76. The lowest BCUT2D eigenvalue weighted by atomic mass is 9.83. The van der Waals surface area contributed by atoms with E-state index in [2.05, 4.69) is 18.5 Å². The molecule has 1 rings (SSSR count).